The van der Waals surface area contributed by atoms with Crippen LogP contribution in [0.1, 0.15) is 27.6 Å². The Balaban J connectivity index is 1.42. The van der Waals surface area contributed by atoms with Gasteiger partial charge in [0.05, 0.1) is 36.5 Å². The van der Waals surface area contributed by atoms with Crippen LogP contribution in [0.3, 0.4) is 0 Å². The van der Waals surface area contributed by atoms with Gasteiger partial charge in [-0.3, -0.25) is 9.59 Å². The fraction of sp³-hybridized carbons (Fsp3) is 0.125. The van der Waals surface area contributed by atoms with Gasteiger partial charge < -0.3 is 25.2 Å². The van der Waals surface area contributed by atoms with E-state index in [9.17, 15) is 19.5 Å². The van der Waals surface area contributed by atoms with Crippen LogP contribution in [-0.4, -0.2) is 34.9 Å². The van der Waals surface area contributed by atoms with Crippen LogP contribution in [0.4, 0.5) is 11.4 Å². The molecule has 1 heterocycles. The molecule has 0 saturated carbocycles. The molecule has 3 N–H and O–H groups in total. The third-order valence-corrected chi connectivity index (χ3v) is 8.06. The quantitative estimate of drug-likeness (QED) is 0.150. The molecular formula is C24H16Cl4N2O6S. The summed E-state index contributed by atoms with van der Waals surface area (Å²) in [6.45, 7) is 1.90. The number of carboxylic acids is 1. The normalized spacial score (nSPS) is 12.7. The van der Waals surface area contributed by atoms with Crippen LogP contribution in [0, 0.1) is 0 Å². The molecule has 2 amide bonds. The molecule has 0 bridgehead atoms. The molecule has 0 radical (unpaired) electrons. The molecule has 0 spiro atoms. The summed E-state index contributed by atoms with van der Waals surface area (Å²) in [5, 5.41) is 13.3. The number of hydrogen-bond donors (Lipinski definition) is 3. The minimum atomic E-state index is -1.49. The van der Waals surface area contributed by atoms with E-state index >= 15 is 0 Å². The average molecular weight is 602 g/mol. The van der Waals surface area contributed by atoms with Gasteiger partial charge >= 0.3 is 5.97 Å². The summed E-state index contributed by atoms with van der Waals surface area (Å²) in [6, 6.07) is 11.7. The average Bonchev–Trinajstić information content (AvgIpc) is 3.33. The molecule has 0 aliphatic carbocycles. The highest BCUT2D eigenvalue weighted by molar-refractivity contribution is 8.00. The number of benzene rings is 3. The monoisotopic (exact) mass is 600 g/mol. The first-order chi connectivity index (χ1) is 17.6. The predicted molar refractivity (Wildman–Crippen MR) is 144 cm³/mol. The minimum Gasteiger partial charge on any atom is -0.478 e. The van der Waals surface area contributed by atoms with Crippen molar-refractivity contribution in [3.8, 4) is 11.5 Å². The summed E-state index contributed by atoms with van der Waals surface area (Å²) in [5.41, 5.74) is -0.0446. The highest BCUT2D eigenvalue weighted by Crippen LogP contribution is 2.42. The van der Waals surface area contributed by atoms with E-state index < -0.39 is 33.3 Å². The van der Waals surface area contributed by atoms with Gasteiger partial charge in [-0.05, 0) is 43.3 Å². The van der Waals surface area contributed by atoms with Crippen LogP contribution in [0.15, 0.2) is 47.4 Å². The van der Waals surface area contributed by atoms with Crippen molar-refractivity contribution in [2.75, 3.05) is 17.4 Å². The predicted octanol–water partition coefficient (Wildman–Crippen LogP) is 7.10. The molecule has 13 heteroatoms. The Hall–Kier alpha value is -2.82. The van der Waals surface area contributed by atoms with Crippen LogP contribution in [-0.2, 0) is 4.79 Å². The lowest BCUT2D eigenvalue weighted by molar-refractivity contribution is -0.115. The maximum Gasteiger partial charge on any atom is 0.338 e. The lowest BCUT2D eigenvalue weighted by atomic mass is 10.1. The van der Waals surface area contributed by atoms with Gasteiger partial charge in [0.15, 0.2) is 11.5 Å². The highest BCUT2D eigenvalue weighted by Gasteiger charge is 2.29. The van der Waals surface area contributed by atoms with Crippen molar-refractivity contribution >= 4 is 87.3 Å². The molecule has 1 unspecified atom stereocenters. The van der Waals surface area contributed by atoms with Gasteiger partial charge in [-0.15, -0.1) is 11.8 Å². The third kappa shape index (κ3) is 5.86. The maximum atomic E-state index is 12.9. The van der Waals surface area contributed by atoms with E-state index in [-0.39, 0.29) is 27.8 Å². The molecule has 3 aromatic rings. The van der Waals surface area contributed by atoms with Crippen molar-refractivity contribution in [1.29, 1.82) is 0 Å². The summed E-state index contributed by atoms with van der Waals surface area (Å²) in [7, 11) is 0. The van der Waals surface area contributed by atoms with Gasteiger partial charge in [0.25, 0.3) is 5.91 Å². The van der Waals surface area contributed by atoms with Crippen molar-refractivity contribution in [3.63, 3.8) is 0 Å². The molecule has 4 rings (SSSR count). The lowest BCUT2D eigenvalue weighted by Gasteiger charge is -2.15. The van der Waals surface area contributed by atoms with Crippen LogP contribution < -0.4 is 20.1 Å². The summed E-state index contributed by atoms with van der Waals surface area (Å²) in [5.74, 6) is -1.35. The summed E-state index contributed by atoms with van der Waals surface area (Å²) >= 11 is 25.4. The van der Waals surface area contributed by atoms with Gasteiger partial charge in [-0.1, -0.05) is 46.4 Å². The number of nitrogens with one attached hydrogen (secondary N) is 2. The van der Waals surface area contributed by atoms with Crippen LogP contribution in [0.25, 0.3) is 0 Å². The van der Waals surface area contributed by atoms with Crippen LogP contribution >= 0.6 is 58.2 Å². The molecule has 37 heavy (non-hydrogen) atoms. The second-order valence-corrected chi connectivity index (χ2v) is 10.5. The standard InChI is InChI=1S/C24H16Cl4N2O6S/c1-10(22(31)30-12-4-7-14-15(8-12)36-9-35-14)37-13-5-2-11(3-6-13)29-23(32)16-17(24(33)34)19(26)21(28)20(27)18(16)25/h2-8,10H,9H2,1H3,(H,29,32)(H,30,31)(H,33,34). The molecule has 1 aliphatic rings. The van der Waals surface area contributed by atoms with Crippen molar-refractivity contribution in [2.45, 2.75) is 17.1 Å². The van der Waals surface area contributed by atoms with Crippen molar-refractivity contribution in [2.24, 2.45) is 0 Å². The molecule has 1 aliphatic heterocycles. The van der Waals surface area contributed by atoms with Gasteiger partial charge in [0, 0.05) is 22.3 Å². The zero-order valence-electron chi connectivity index (χ0n) is 18.7. The van der Waals surface area contributed by atoms with E-state index in [2.05, 4.69) is 10.6 Å². The van der Waals surface area contributed by atoms with E-state index in [1.54, 1.807) is 49.4 Å². The number of halogens is 4. The molecule has 3 aromatic carbocycles. The number of fused-ring (bicyclic) bond motifs is 1. The first-order valence-electron chi connectivity index (χ1n) is 10.4. The van der Waals surface area contributed by atoms with Gasteiger partial charge in [-0.25, -0.2) is 4.79 Å². The maximum absolute atomic E-state index is 12.9. The molecule has 0 aromatic heterocycles. The number of carbonyl (C=O) groups is 3. The number of anilines is 2. The van der Waals surface area contributed by atoms with E-state index in [4.69, 9.17) is 55.9 Å². The number of aromatic carboxylic acids is 1. The fourth-order valence-corrected chi connectivity index (χ4v) is 5.22. The Morgan fingerprint density at radius 3 is 2.08 bits per heavy atom. The van der Waals surface area contributed by atoms with E-state index in [0.717, 1.165) is 4.90 Å². The van der Waals surface area contributed by atoms with Crippen molar-refractivity contribution < 1.29 is 29.0 Å². The zero-order chi connectivity index (χ0) is 26.9. The summed E-state index contributed by atoms with van der Waals surface area (Å²) in [6.07, 6.45) is 0. The zero-order valence-corrected chi connectivity index (χ0v) is 22.6. The number of thioether (sulfide) groups is 1. The smallest absolute Gasteiger partial charge is 0.338 e. The molecule has 192 valence electrons. The largest absolute Gasteiger partial charge is 0.478 e. The van der Waals surface area contributed by atoms with Crippen LogP contribution in [0.2, 0.25) is 20.1 Å². The molecular weight excluding hydrogens is 586 g/mol. The Bertz CT molecular complexity index is 1420. The minimum absolute atomic E-state index is 0.143. The molecule has 1 atom stereocenters. The van der Waals surface area contributed by atoms with Gasteiger partial charge in [0.2, 0.25) is 12.7 Å². The second kappa shape index (κ2) is 11.3. The topological polar surface area (TPSA) is 114 Å². The van der Waals surface area contributed by atoms with Gasteiger partial charge in [0.1, 0.15) is 0 Å². The number of ether oxygens (including phenoxy) is 2. The first-order valence-corrected chi connectivity index (χ1v) is 12.8. The lowest BCUT2D eigenvalue weighted by Crippen LogP contribution is -2.22. The number of carbonyl (C=O) groups excluding carboxylic acids is 2. The fourth-order valence-electron chi connectivity index (χ4n) is 3.33. The van der Waals surface area contributed by atoms with Crippen molar-refractivity contribution in [1.82, 2.24) is 0 Å². The summed E-state index contributed by atoms with van der Waals surface area (Å²) in [4.78, 5) is 38.0. The number of rotatable bonds is 7. The van der Waals surface area contributed by atoms with E-state index in [1.807, 2.05) is 0 Å². The van der Waals surface area contributed by atoms with E-state index in [1.165, 1.54) is 11.8 Å². The molecule has 8 nitrogen and oxygen atoms in total. The number of carboxylic acid groups (broad SMARTS) is 1. The Morgan fingerprint density at radius 2 is 1.43 bits per heavy atom. The highest BCUT2D eigenvalue weighted by atomic mass is 35.5. The number of hydrogen-bond acceptors (Lipinski definition) is 6. The Morgan fingerprint density at radius 1 is 0.838 bits per heavy atom. The summed E-state index contributed by atoms with van der Waals surface area (Å²) < 4.78 is 10.6. The SMILES string of the molecule is CC(Sc1ccc(NC(=O)c2c(Cl)c(Cl)c(Cl)c(Cl)c2C(=O)O)cc1)C(=O)Nc1ccc2c(c1)OCO2. The second-order valence-electron chi connectivity index (χ2n) is 7.61. The van der Waals surface area contributed by atoms with Gasteiger partial charge in [-0.2, -0.15) is 0 Å². The molecule has 0 fully saturated rings. The van der Waals surface area contributed by atoms with Crippen LogP contribution in [0.5, 0.6) is 11.5 Å². The van der Waals surface area contributed by atoms with Crippen molar-refractivity contribution in [3.05, 3.63) is 73.7 Å². The van der Waals surface area contributed by atoms with E-state index in [0.29, 0.717) is 22.9 Å². The molecule has 0 saturated heterocycles. The number of amides is 2. The Labute approximate surface area is 235 Å². The first kappa shape index (κ1) is 27.2. The Kier molecular flexibility index (Phi) is 8.30. The third-order valence-electron chi connectivity index (χ3n) is 5.14.